The van der Waals surface area contributed by atoms with E-state index in [9.17, 15) is 0 Å². The molecule has 3 aromatic heterocycles. The molecule has 34 heavy (non-hydrogen) atoms. The standard InChI is InChI=1S/C27H27N7/c1-17-11-21-13-19(4-6-24(21)33(17)2)16-34-25-8-10-30-27(23(25)15-32-34)31-14-18-3-5-22-20(12-18)7-9-29-26(22)28/h3-13,32H,14-16H2,1-2H3,(H2,28,29)(H,30,31). The van der Waals surface area contributed by atoms with Crippen LogP contribution in [-0.2, 0) is 26.7 Å². The molecule has 0 fully saturated rings. The number of hydrogen-bond acceptors (Lipinski definition) is 6. The van der Waals surface area contributed by atoms with Crippen LogP contribution >= 0.6 is 0 Å². The molecule has 0 bridgehead atoms. The van der Waals surface area contributed by atoms with Gasteiger partial charge in [0, 0.05) is 60.1 Å². The summed E-state index contributed by atoms with van der Waals surface area (Å²) in [5, 5.41) is 9.10. The monoisotopic (exact) mass is 449 g/mol. The summed E-state index contributed by atoms with van der Waals surface area (Å²) < 4.78 is 2.23. The van der Waals surface area contributed by atoms with Gasteiger partial charge in [0.15, 0.2) is 0 Å². The number of hydrogen-bond donors (Lipinski definition) is 3. The first-order chi connectivity index (χ1) is 16.6. The number of fused-ring (bicyclic) bond motifs is 3. The van der Waals surface area contributed by atoms with Crippen LogP contribution in [0.15, 0.2) is 67.0 Å². The van der Waals surface area contributed by atoms with E-state index >= 15 is 0 Å². The van der Waals surface area contributed by atoms with Gasteiger partial charge >= 0.3 is 0 Å². The third-order valence-corrected chi connectivity index (χ3v) is 6.78. The first-order valence-corrected chi connectivity index (χ1v) is 11.5. The Bertz CT molecular complexity index is 1540. The van der Waals surface area contributed by atoms with Gasteiger partial charge in [-0.15, -0.1) is 0 Å². The van der Waals surface area contributed by atoms with E-state index in [0.29, 0.717) is 12.4 Å². The minimum absolute atomic E-state index is 0.562. The highest BCUT2D eigenvalue weighted by Gasteiger charge is 2.22. The lowest BCUT2D eigenvalue weighted by atomic mass is 10.1. The van der Waals surface area contributed by atoms with Crippen molar-refractivity contribution in [3.63, 3.8) is 0 Å². The topological polar surface area (TPSA) is 84.0 Å². The molecule has 5 aromatic rings. The fraction of sp³-hybridized carbons (Fsp3) is 0.185. The van der Waals surface area contributed by atoms with Crippen molar-refractivity contribution in [2.75, 3.05) is 16.1 Å². The SMILES string of the molecule is Cc1cc2cc(CN3NCc4c3ccnc4NCc3ccc4c(N)nccc4c3)ccc2n1C. The molecular weight excluding hydrogens is 422 g/mol. The van der Waals surface area contributed by atoms with E-state index < -0.39 is 0 Å². The van der Waals surface area contributed by atoms with Gasteiger partial charge in [-0.3, -0.25) is 0 Å². The molecular formula is C27H27N7. The lowest BCUT2D eigenvalue weighted by molar-refractivity contribution is 0.668. The molecule has 7 heteroatoms. The van der Waals surface area contributed by atoms with Crippen LogP contribution in [0.25, 0.3) is 21.7 Å². The summed E-state index contributed by atoms with van der Waals surface area (Å²) in [5.74, 6) is 1.48. The fourth-order valence-electron chi connectivity index (χ4n) is 4.83. The van der Waals surface area contributed by atoms with Crippen molar-refractivity contribution in [1.29, 1.82) is 0 Å². The van der Waals surface area contributed by atoms with Crippen LogP contribution in [0.4, 0.5) is 17.3 Å². The number of nitrogens with zero attached hydrogens (tertiary/aromatic N) is 4. The smallest absolute Gasteiger partial charge is 0.132 e. The second-order valence-corrected chi connectivity index (χ2v) is 8.92. The molecule has 0 saturated heterocycles. The Kier molecular flexibility index (Phi) is 4.85. The Balaban J connectivity index is 1.21. The zero-order chi connectivity index (χ0) is 23.2. The minimum Gasteiger partial charge on any atom is -0.383 e. The Hall–Kier alpha value is -4.10. The first-order valence-electron chi connectivity index (χ1n) is 11.5. The molecule has 0 amide bonds. The van der Waals surface area contributed by atoms with Crippen molar-refractivity contribution in [2.45, 2.75) is 26.6 Å². The van der Waals surface area contributed by atoms with Gasteiger partial charge in [-0.1, -0.05) is 18.2 Å². The Morgan fingerprint density at radius 3 is 2.71 bits per heavy atom. The number of anilines is 3. The summed E-state index contributed by atoms with van der Waals surface area (Å²) in [7, 11) is 2.11. The first kappa shape index (κ1) is 20.5. The van der Waals surface area contributed by atoms with E-state index in [1.165, 1.54) is 39.0 Å². The summed E-state index contributed by atoms with van der Waals surface area (Å²) in [5.41, 5.74) is 16.8. The van der Waals surface area contributed by atoms with E-state index in [4.69, 9.17) is 5.73 Å². The van der Waals surface area contributed by atoms with E-state index in [1.807, 2.05) is 18.3 Å². The lowest BCUT2D eigenvalue weighted by Crippen LogP contribution is -2.31. The second-order valence-electron chi connectivity index (χ2n) is 8.92. The summed E-state index contributed by atoms with van der Waals surface area (Å²) in [6.45, 7) is 4.37. The second kappa shape index (κ2) is 8.04. The number of pyridine rings is 2. The highest BCUT2D eigenvalue weighted by Crippen LogP contribution is 2.32. The van der Waals surface area contributed by atoms with Gasteiger partial charge in [-0.05, 0) is 59.8 Å². The third-order valence-electron chi connectivity index (χ3n) is 6.78. The van der Waals surface area contributed by atoms with Gasteiger partial charge in [0.1, 0.15) is 11.6 Å². The number of aromatic nitrogens is 3. The molecule has 4 N–H and O–H groups in total. The summed E-state index contributed by atoms with van der Waals surface area (Å²) >= 11 is 0. The molecule has 1 aliphatic heterocycles. The number of rotatable bonds is 5. The number of nitrogens with one attached hydrogen (secondary N) is 2. The highest BCUT2D eigenvalue weighted by molar-refractivity contribution is 5.91. The van der Waals surface area contributed by atoms with Crippen molar-refractivity contribution < 1.29 is 0 Å². The van der Waals surface area contributed by atoms with Gasteiger partial charge in [0.2, 0.25) is 0 Å². The molecule has 0 radical (unpaired) electrons. The molecule has 0 atom stereocenters. The van der Waals surface area contributed by atoms with Crippen molar-refractivity contribution in [3.8, 4) is 0 Å². The molecule has 0 unspecified atom stereocenters. The maximum absolute atomic E-state index is 5.99. The molecule has 0 saturated carbocycles. The number of nitrogens with two attached hydrogens (primary N) is 1. The predicted octanol–water partition coefficient (Wildman–Crippen LogP) is 4.65. The van der Waals surface area contributed by atoms with Gasteiger partial charge < -0.3 is 20.6 Å². The summed E-state index contributed by atoms with van der Waals surface area (Å²) in [4.78, 5) is 8.79. The van der Waals surface area contributed by atoms with Crippen molar-refractivity contribution in [1.82, 2.24) is 20.0 Å². The van der Waals surface area contributed by atoms with Crippen molar-refractivity contribution >= 4 is 39.0 Å². The molecule has 0 aliphatic carbocycles. The average Bonchev–Trinajstić information content (AvgIpc) is 3.38. The van der Waals surface area contributed by atoms with E-state index in [-0.39, 0.29) is 0 Å². The molecule has 170 valence electrons. The zero-order valence-corrected chi connectivity index (χ0v) is 19.3. The highest BCUT2D eigenvalue weighted by atomic mass is 15.5. The van der Waals surface area contributed by atoms with E-state index in [0.717, 1.165) is 29.7 Å². The molecule has 4 heterocycles. The molecule has 0 spiro atoms. The van der Waals surface area contributed by atoms with Gasteiger partial charge in [-0.2, -0.15) is 0 Å². The average molecular weight is 450 g/mol. The number of benzene rings is 2. The number of hydrazine groups is 1. The van der Waals surface area contributed by atoms with Crippen LogP contribution in [0, 0.1) is 6.92 Å². The fourth-order valence-corrected chi connectivity index (χ4v) is 4.83. The quantitative estimate of drug-likeness (QED) is 0.362. The molecule has 2 aromatic carbocycles. The lowest BCUT2D eigenvalue weighted by Gasteiger charge is -2.20. The maximum Gasteiger partial charge on any atom is 0.132 e. The maximum atomic E-state index is 5.99. The zero-order valence-electron chi connectivity index (χ0n) is 19.3. The number of nitrogen functional groups attached to an aromatic ring is 1. The van der Waals surface area contributed by atoms with Crippen LogP contribution < -0.4 is 21.5 Å². The van der Waals surface area contributed by atoms with Crippen LogP contribution in [0.1, 0.15) is 22.4 Å². The largest absolute Gasteiger partial charge is 0.383 e. The van der Waals surface area contributed by atoms with Gasteiger partial charge in [-0.25, -0.2) is 15.4 Å². The van der Waals surface area contributed by atoms with Crippen LogP contribution in [0.5, 0.6) is 0 Å². The Labute approximate surface area is 198 Å². The van der Waals surface area contributed by atoms with Gasteiger partial charge in [0.25, 0.3) is 0 Å². The Morgan fingerprint density at radius 2 is 1.79 bits per heavy atom. The Morgan fingerprint density at radius 1 is 0.971 bits per heavy atom. The molecule has 6 rings (SSSR count). The van der Waals surface area contributed by atoms with Crippen LogP contribution in [0.2, 0.25) is 0 Å². The van der Waals surface area contributed by atoms with Gasteiger partial charge in [0.05, 0.1) is 12.2 Å². The normalized spacial score (nSPS) is 13.1. The molecule has 1 aliphatic rings. The predicted molar refractivity (Wildman–Crippen MR) is 138 cm³/mol. The third kappa shape index (κ3) is 3.50. The minimum atomic E-state index is 0.562. The summed E-state index contributed by atoms with van der Waals surface area (Å²) in [6.07, 6.45) is 3.62. The van der Waals surface area contributed by atoms with Crippen molar-refractivity contribution in [3.05, 3.63) is 89.4 Å². The number of aryl methyl sites for hydroxylation is 2. The van der Waals surface area contributed by atoms with Crippen LogP contribution in [-0.4, -0.2) is 14.5 Å². The summed E-state index contributed by atoms with van der Waals surface area (Å²) in [6, 6.07) is 19.3. The van der Waals surface area contributed by atoms with E-state index in [2.05, 4.69) is 86.7 Å². The van der Waals surface area contributed by atoms with Crippen molar-refractivity contribution in [2.24, 2.45) is 7.05 Å². The molecule has 7 nitrogen and oxygen atoms in total. The van der Waals surface area contributed by atoms with E-state index in [1.54, 1.807) is 6.20 Å². The van der Waals surface area contributed by atoms with Crippen LogP contribution in [0.3, 0.4) is 0 Å².